The Morgan fingerprint density at radius 3 is 3.00 bits per heavy atom. The topological polar surface area (TPSA) is 98.5 Å². The summed E-state index contributed by atoms with van der Waals surface area (Å²) in [7, 11) is 3.27. The molecule has 0 amide bonds. The zero-order valence-corrected chi connectivity index (χ0v) is 16.1. The van der Waals surface area contributed by atoms with Crippen LogP contribution in [0.3, 0.4) is 0 Å². The second kappa shape index (κ2) is 9.31. The van der Waals surface area contributed by atoms with Crippen molar-refractivity contribution in [3.05, 3.63) is 35.5 Å². The van der Waals surface area contributed by atoms with E-state index in [1.807, 2.05) is 22.9 Å². The monoisotopic (exact) mass is 373 g/mol. The molecule has 0 saturated heterocycles. The first-order chi connectivity index (χ1) is 13.2. The van der Waals surface area contributed by atoms with Crippen LogP contribution in [0.25, 0.3) is 0 Å². The lowest BCUT2D eigenvalue weighted by atomic mass is 10.1. The molecule has 2 aromatic rings. The second-order valence-electron chi connectivity index (χ2n) is 6.31. The molecule has 2 N–H and O–H groups in total. The molecule has 0 aliphatic carbocycles. The van der Waals surface area contributed by atoms with Crippen LogP contribution in [0.15, 0.2) is 23.2 Å². The van der Waals surface area contributed by atoms with Crippen LogP contribution >= 0.6 is 0 Å². The van der Waals surface area contributed by atoms with Crippen LogP contribution < -0.4 is 15.4 Å². The van der Waals surface area contributed by atoms with Gasteiger partial charge in [0.2, 0.25) is 5.88 Å². The number of methoxy groups -OCH3 is 2. The van der Waals surface area contributed by atoms with E-state index in [4.69, 9.17) is 9.47 Å². The van der Waals surface area contributed by atoms with Crippen molar-refractivity contribution in [2.75, 3.05) is 20.8 Å². The Balaban J connectivity index is 1.63. The van der Waals surface area contributed by atoms with E-state index in [2.05, 4.69) is 37.6 Å². The van der Waals surface area contributed by atoms with Crippen molar-refractivity contribution in [1.29, 1.82) is 0 Å². The molecule has 1 atom stereocenters. The van der Waals surface area contributed by atoms with Crippen molar-refractivity contribution < 1.29 is 9.47 Å². The average molecular weight is 373 g/mol. The summed E-state index contributed by atoms with van der Waals surface area (Å²) < 4.78 is 12.3. The van der Waals surface area contributed by atoms with Gasteiger partial charge in [0.1, 0.15) is 12.4 Å². The molecule has 0 bridgehead atoms. The Morgan fingerprint density at radius 2 is 2.22 bits per heavy atom. The van der Waals surface area contributed by atoms with E-state index in [0.717, 1.165) is 49.2 Å². The minimum absolute atomic E-state index is 0.241. The van der Waals surface area contributed by atoms with Gasteiger partial charge in [-0.15, -0.1) is 0 Å². The van der Waals surface area contributed by atoms with Gasteiger partial charge in [-0.25, -0.2) is 19.6 Å². The predicted octanol–water partition coefficient (Wildman–Crippen LogP) is 0.898. The van der Waals surface area contributed by atoms with E-state index in [-0.39, 0.29) is 6.04 Å². The van der Waals surface area contributed by atoms with Gasteiger partial charge < -0.3 is 20.1 Å². The minimum atomic E-state index is 0.241. The van der Waals surface area contributed by atoms with Crippen LogP contribution in [-0.2, 0) is 30.9 Å². The third-order valence-corrected chi connectivity index (χ3v) is 4.25. The molecule has 0 spiro atoms. The molecule has 1 aliphatic heterocycles. The summed E-state index contributed by atoms with van der Waals surface area (Å²) in [5.74, 6) is 3.12. The van der Waals surface area contributed by atoms with Crippen molar-refractivity contribution in [2.45, 2.75) is 45.5 Å². The molecular formula is C18H27N7O2. The highest BCUT2D eigenvalue weighted by molar-refractivity contribution is 5.80. The fourth-order valence-electron chi connectivity index (χ4n) is 3.00. The number of pyridine rings is 1. The number of ether oxygens (including phenoxy) is 2. The van der Waals surface area contributed by atoms with E-state index >= 15 is 0 Å². The summed E-state index contributed by atoms with van der Waals surface area (Å²) >= 11 is 0. The van der Waals surface area contributed by atoms with Gasteiger partial charge in [0.05, 0.1) is 25.9 Å². The summed E-state index contributed by atoms with van der Waals surface area (Å²) in [6, 6.07) is 5.93. The number of fused-ring (bicyclic) bond motifs is 1. The van der Waals surface area contributed by atoms with Crippen molar-refractivity contribution in [3.63, 3.8) is 0 Å². The van der Waals surface area contributed by atoms with Crippen LogP contribution in [0.4, 0.5) is 0 Å². The molecule has 0 radical (unpaired) electrons. The van der Waals surface area contributed by atoms with Gasteiger partial charge >= 0.3 is 0 Å². The minimum Gasteiger partial charge on any atom is -0.481 e. The highest BCUT2D eigenvalue weighted by atomic mass is 16.5. The quantitative estimate of drug-likeness (QED) is 0.549. The Hall–Kier alpha value is -2.68. The maximum absolute atomic E-state index is 5.17. The van der Waals surface area contributed by atoms with E-state index in [1.54, 1.807) is 14.2 Å². The summed E-state index contributed by atoms with van der Waals surface area (Å²) in [6.45, 7) is 4.51. The predicted molar refractivity (Wildman–Crippen MR) is 102 cm³/mol. The standard InChI is InChI=1S/C18H27N7O2/c1-4-19-18(20-10-13-6-5-7-17(21-13)27-3)22-14-8-9-16-23-15(12-26-2)24-25(16)11-14/h5-7,14H,4,8-12H2,1-3H3,(H2,19,20,22). The Labute approximate surface area is 159 Å². The number of aliphatic imine (C=N–C) groups is 1. The molecular weight excluding hydrogens is 346 g/mol. The zero-order valence-electron chi connectivity index (χ0n) is 16.1. The van der Waals surface area contributed by atoms with Gasteiger partial charge in [0, 0.05) is 32.2 Å². The molecule has 3 heterocycles. The molecule has 2 aromatic heterocycles. The number of aryl methyl sites for hydroxylation is 1. The first-order valence-electron chi connectivity index (χ1n) is 9.18. The summed E-state index contributed by atoms with van der Waals surface area (Å²) in [4.78, 5) is 13.6. The van der Waals surface area contributed by atoms with Gasteiger partial charge in [-0.2, -0.15) is 5.10 Å². The second-order valence-corrected chi connectivity index (χ2v) is 6.31. The van der Waals surface area contributed by atoms with E-state index < -0.39 is 0 Å². The lowest BCUT2D eigenvalue weighted by Crippen LogP contribution is -2.47. The highest BCUT2D eigenvalue weighted by Crippen LogP contribution is 2.13. The van der Waals surface area contributed by atoms with E-state index in [1.165, 1.54) is 0 Å². The summed E-state index contributed by atoms with van der Waals surface area (Å²) in [5.41, 5.74) is 0.859. The van der Waals surface area contributed by atoms with Crippen LogP contribution in [0.5, 0.6) is 5.88 Å². The highest BCUT2D eigenvalue weighted by Gasteiger charge is 2.22. The summed E-state index contributed by atoms with van der Waals surface area (Å²) in [6.07, 6.45) is 1.86. The molecule has 1 aliphatic rings. The van der Waals surface area contributed by atoms with Crippen LogP contribution in [0, 0.1) is 0 Å². The maximum atomic E-state index is 5.17. The Morgan fingerprint density at radius 1 is 1.33 bits per heavy atom. The first kappa shape index (κ1) is 19.1. The molecule has 0 fully saturated rings. The van der Waals surface area contributed by atoms with Crippen molar-refractivity contribution >= 4 is 5.96 Å². The molecule has 0 saturated carbocycles. The third kappa shape index (κ3) is 5.16. The number of nitrogens with zero attached hydrogens (tertiary/aromatic N) is 5. The van der Waals surface area contributed by atoms with Crippen molar-refractivity contribution in [3.8, 4) is 5.88 Å². The van der Waals surface area contributed by atoms with Gasteiger partial charge in [-0.3, -0.25) is 0 Å². The molecule has 9 heteroatoms. The molecule has 1 unspecified atom stereocenters. The zero-order chi connectivity index (χ0) is 19.1. The molecule has 0 aromatic carbocycles. The first-order valence-corrected chi connectivity index (χ1v) is 9.18. The maximum Gasteiger partial charge on any atom is 0.213 e. The number of guanidine groups is 1. The van der Waals surface area contributed by atoms with Crippen LogP contribution in [-0.4, -0.2) is 52.5 Å². The number of nitrogens with one attached hydrogen (secondary N) is 2. The lowest BCUT2D eigenvalue weighted by Gasteiger charge is -2.25. The summed E-state index contributed by atoms with van der Waals surface area (Å²) in [5, 5.41) is 11.3. The van der Waals surface area contributed by atoms with Crippen molar-refractivity contribution in [1.82, 2.24) is 30.4 Å². The normalized spacial score (nSPS) is 16.7. The molecule has 9 nitrogen and oxygen atoms in total. The van der Waals surface area contributed by atoms with E-state index in [9.17, 15) is 0 Å². The number of hydrogen-bond donors (Lipinski definition) is 2. The smallest absolute Gasteiger partial charge is 0.213 e. The van der Waals surface area contributed by atoms with Gasteiger partial charge in [0.25, 0.3) is 0 Å². The fraction of sp³-hybridized carbons (Fsp3) is 0.556. The largest absolute Gasteiger partial charge is 0.481 e. The van der Waals surface area contributed by atoms with Crippen LogP contribution in [0.1, 0.15) is 30.7 Å². The SMILES string of the molecule is CCNC(=NCc1cccc(OC)n1)NC1CCc2nc(COC)nn2C1. The Bertz CT molecular complexity index is 775. The van der Waals surface area contributed by atoms with Gasteiger partial charge in [-0.05, 0) is 19.4 Å². The molecule has 27 heavy (non-hydrogen) atoms. The fourth-order valence-corrected chi connectivity index (χ4v) is 3.00. The van der Waals surface area contributed by atoms with Gasteiger partial charge in [-0.1, -0.05) is 6.07 Å². The number of hydrogen-bond acceptors (Lipinski definition) is 6. The molecule has 146 valence electrons. The number of aromatic nitrogens is 4. The molecule has 3 rings (SSSR count). The average Bonchev–Trinajstić information content (AvgIpc) is 3.08. The van der Waals surface area contributed by atoms with Crippen LogP contribution in [0.2, 0.25) is 0 Å². The van der Waals surface area contributed by atoms with Gasteiger partial charge in [0.15, 0.2) is 11.8 Å². The number of rotatable bonds is 7. The lowest BCUT2D eigenvalue weighted by molar-refractivity contribution is 0.177. The van der Waals surface area contributed by atoms with E-state index in [0.29, 0.717) is 19.0 Å². The van der Waals surface area contributed by atoms with Crippen molar-refractivity contribution in [2.24, 2.45) is 4.99 Å². The Kier molecular flexibility index (Phi) is 6.59. The third-order valence-electron chi connectivity index (χ3n) is 4.25.